The van der Waals surface area contributed by atoms with E-state index in [0.29, 0.717) is 11.3 Å². The van der Waals surface area contributed by atoms with Crippen molar-refractivity contribution in [3.8, 4) is 0 Å². The zero-order valence-electron chi connectivity index (χ0n) is 11.3. The molecular formula is C13H15F3N2O3. The van der Waals surface area contributed by atoms with Crippen LogP contribution in [-0.2, 0) is 6.42 Å². The highest BCUT2D eigenvalue weighted by molar-refractivity contribution is 5.87. The average Bonchev–Trinajstić information content (AvgIpc) is 2.37. The Morgan fingerprint density at radius 3 is 2.29 bits per heavy atom. The van der Waals surface area contributed by atoms with Crippen molar-refractivity contribution in [2.75, 3.05) is 20.1 Å². The lowest BCUT2D eigenvalue weighted by Gasteiger charge is -2.19. The molecule has 0 aromatic heterocycles. The van der Waals surface area contributed by atoms with Gasteiger partial charge < -0.3 is 15.3 Å². The molecule has 1 rings (SSSR count). The van der Waals surface area contributed by atoms with Gasteiger partial charge in [-0.2, -0.15) is 13.2 Å². The molecule has 1 aromatic carbocycles. The second-order valence-corrected chi connectivity index (χ2v) is 4.46. The van der Waals surface area contributed by atoms with E-state index in [1.807, 2.05) is 0 Å². The molecule has 0 spiro atoms. The van der Waals surface area contributed by atoms with E-state index in [4.69, 9.17) is 5.11 Å². The zero-order chi connectivity index (χ0) is 16.0. The smallest absolute Gasteiger partial charge is 0.406 e. The van der Waals surface area contributed by atoms with Gasteiger partial charge >= 0.3 is 18.2 Å². The minimum Gasteiger partial charge on any atom is -0.478 e. The molecule has 0 aliphatic heterocycles. The van der Waals surface area contributed by atoms with E-state index in [0.717, 1.165) is 12.6 Å². The Hall–Kier alpha value is -2.25. The van der Waals surface area contributed by atoms with Crippen molar-refractivity contribution in [3.05, 3.63) is 35.4 Å². The van der Waals surface area contributed by atoms with Gasteiger partial charge in [0.2, 0.25) is 0 Å². The molecule has 0 radical (unpaired) electrons. The van der Waals surface area contributed by atoms with Crippen molar-refractivity contribution in [1.82, 2.24) is 10.2 Å². The SMILES string of the molecule is CN(CC(F)(F)F)C(=O)NCCc1ccc(C(=O)O)cc1. The van der Waals surface area contributed by atoms with Crippen LogP contribution in [0.4, 0.5) is 18.0 Å². The van der Waals surface area contributed by atoms with Gasteiger partial charge in [0.05, 0.1) is 5.56 Å². The quantitative estimate of drug-likeness (QED) is 0.875. The zero-order valence-corrected chi connectivity index (χ0v) is 11.3. The molecular weight excluding hydrogens is 289 g/mol. The number of carbonyl (C=O) groups is 2. The number of nitrogens with one attached hydrogen (secondary N) is 1. The largest absolute Gasteiger partial charge is 0.478 e. The van der Waals surface area contributed by atoms with Crippen LogP contribution in [0.1, 0.15) is 15.9 Å². The van der Waals surface area contributed by atoms with Crippen molar-refractivity contribution >= 4 is 12.0 Å². The first kappa shape index (κ1) is 16.8. The van der Waals surface area contributed by atoms with E-state index in [9.17, 15) is 22.8 Å². The van der Waals surface area contributed by atoms with Gasteiger partial charge in [-0.1, -0.05) is 12.1 Å². The summed E-state index contributed by atoms with van der Waals surface area (Å²) in [5.74, 6) is -1.04. The lowest BCUT2D eigenvalue weighted by molar-refractivity contribution is -0.137. The number of carboxylic acids is 1. The first-order valence-corrected chi connectivity index (χ1v) is 6.07. The molecule has 21 heavy (non-hydrogen) atoms. The number of urea groups is 1. The third-order valence-electron chi connectivity index (χ3n) is 2.65. The van der Waals surface area contributed by atoms with Crippen LogP contribution >= 0.6 is 0 Å². The van der Waals surface area contributed by atoms with Gasteiger partial charge in [0, 0.05) is 13.6 Å². The Balaban J connectivity index is 2.39. The van der Waals surface area contributed by atoms with Crippen LogP contribution in [0.2, 0.25) is 0 Å². The number of amides is 2. The van der Waals surface area contributed by atoms with E-state index in [-0.39, 0.29) is 12.1 Å². The Labute approximate surface area is 119 Å². The number of halogens is 3. The molecule has 0 aliphatic carbocycles. The third kappa shape index (κ3) is 6.15. The molecule has 116 valence electrons. The van der Waals surface area contributed by atoms with Crippen LogP contribution in [0.3, 0.4) is 0 Å². The maximum absolute atomic E-state index is 12.1. The van der Waals surface area contributed by atoms with Crippen molar-refractivity contribution in [1.29, 1.82) is 0 Å². The second-order valence-electron chi connectivity index (χ2n) is 4.46. The normalized spacial score (nSPS) is 11.0. The summed E-state index contributed by atoms with van der Waals surface area (Å²) in [6, 6.07) is 5.23. The molecule has 0 saturated heterocycles. The molecule has 0 saturated carbocycles. The van der Waals surface area contributed by atoms with Crippen LogP contribution in [-0.4, -0.2) is 48.3 Å². The van der Waals surface area contributed by atoms with Gasteiger partial charge in [-0.25, -0.2) is 9.59 Å². The Kier molecular flexibility index (Phi) is 5.57. The molecule has 0 bridgehead atoms. The lowest BCUT2D eigenvalue weighted by Crippen LogP contribution is -2.42. The summed E-state index contributed by atoms with van der Waals surface area (Å²) in [6.07, 6.45) is -4.04. The molecule has 1 aromatic rings. The number of aromatic carboxylic acids is 1. The summed E-state index contributed by atoms with van der Waals surface area (Å²) >= 11 is 0. The van der Waals surface area contributed by atoms with E-state index < -0.39 is 24.7 Å². The lowest BCUT2D eigenvalue weighted by atomic mass is 10.1. The van der Waals surface area contributed by atoms with Crippen LogP contribution < -0.4 is 5.32 Å². The van der Waals surface area contributed by atoms with E-state index in [1.165, 1.54) is 12.1 Å². The molecule has 0 aliphatic rings. The number of carboxylic acid groups (broad SMARTS) is 1. The molecule has 8 heteroatoms. The Morgan fingerprint density at radius 2 is 1.81 bits per heavy atom. The fourth-order valence-electron chi connectivity index (χ4n) is 1.60. The number of carbonyl (C=O) groups excluding carboxylic acids is 1. The highest BCUT2D eigenvalue weighted by Gasteiger charge is 2.31. The predicted molar refractivity (Wildman–Crippen MR) is 69.2 cm³/mol. The molecule has 5 nitrogen and oxygen atoms in total. The fourth-order valence-corrected chi connectivity index (χ4v) is 1.60. The highest BCUT2D eigenvalue weighted by Crippen LogP contribution is 2.15. The van der Waals surface area contributed by atoms with Gasteiger partial charge in [0.25, 0.3) is 0 Å². The van der Waals surface area contributed by atoms with Gasteiger partial charge in [-0.05, 0) is 24.1 Å². The number of rotatable bonds is 5. The number of nitrogens with zero attached hydrogens (tertiary/aromatic N) is 1. The van der Waals surface area contributed by atoms with E-state index in [2.05, 4.69) is 5.32 Å². The van der Waals surface area contributed by atoms with Crippen molar-refractivity contribution in [2.24, 2.45) is 0 Å². The van der Waals surface area contributed by atoms with Gasteiger partial charge in [-0.15, -0.1) is 0 Å². The second kappa shape index (κ2) is 6.96. The van der Waals surface area contributed by atoms with Gasteiger partial charge in [0.15, 0.2) is 0 Å². The molecule has 0 heterocycles. The molecule has 0 atom stereocenters. The van der Waals surface area contributed by atoms with Gasteiger partial charge in [-0.3, -0.25) is 0 Å². The number of benzene rings is 1. The number of hydrogen-bond donors (Lipinski definition) is 2. The predicted octanol–water partition coefficient (Wildman–Crippen LogP) is 2.13. The van der Waals surface area contributed by atoms with Crippen LogP contribution in [0.25, 0.3) is 0 Å². The molecule has 2 N–H and O–H groups in total. The average molecular weight is 304 g/mol. The van der Waals surface area contributed by atoms with Crippen LogP contribution in [0, 0.1) is 0 Å². The van der Waals surface area contributed by atoms with Crippen molar-refractivity contribution in [2.45, 2.75) is 12.6 Å². The van der Waals surface area contributed by atoms with E-state index in [1.54, 1.807) is 12.1 Å². The molecule has 2 amide bonds. The summed E-state index contributed by atoms with van der Waals surface area (Å²) in [5, 5.41) is 11.1. The Bertz CT molecular complexity index is 500. The highest BCUT2D eigenvalue weighted by atomic mass is 19.4. The van der Waals surface area contributed by atoms with Crippen LogP contribution in [0.15, 0.2) is 24.3 Å². The van der Waals surface area contributed by atoms with Crippen LogP contribution in [0.5, 0.6) is 0 Å². The third-order valence-corrected chi connectivity index (χ3v) is 2.65. The number of hydrogen-bond acceptors (Lipinski definition) is 2. The standard InChI is InChI=1S/C13H15F3N2O3/c1-18(8-13(14,15)16)12(21)17-7-6-9-2-4-10(5-3-9)11(19)20/h2-5H,6-8H2,1H3,(H,17,21)(H,19,20). The summed E-state index contributed by atoms with van der Waals surface area (Å²) in [4.78, 5) is 22.6. The first-order chi connectivity index (χ1) is 9.69. The summed E-state index contributed by atoms with van der Waals surface area (Å²) in [6.45, 7) is -1.15. The molecule has 0 fully saturated rings. The summed E-state index contributed by atoms with van der Waals surface area (Å²) in [7, 11) is 1.06. The van der Waals surface area contributed by atoms with E-state index >= 15 is 0 Å². The Morgan fingerprint density at radius 1 is 1.24 bits per heavy atom. The summed E-state index contributed by atoms with van der Waals surface area (Å²) in [5.41, 5.74) is 0.923. The minimum atomic E-state index is -4.43. The monoisotopic (exact) mass is 304 g/mol. The maximum atomic E-state index is 12.1. The maximum Gasteiger partial charge on any atom is 0.406 e. The first-order valence-electron chi connectivity index (χ1n) is 6.07. The van der Waals surface area contributed by atoms with Gasteiger partial charge in [0.1, 0.15) is 6.54 Å². The summed E-state index contributed by atoms with van der Waals surface area (Å²) < 4.78 is 36.3. The minimum absolute atomic E-state index is 0.146. The fraction of sp³-hybridized carbons (Fsp3) is 0.385. The van der Waals surface area contributed by atoms with Crippen molar-refractivity contribution < 1.29 is 27.9 Å². The molecule has 0 unspecified atom stereocenters. The van der Waals surface area contributed by atoms with Crippen molar-refractivity contribution in [3.63, 3.8) is 0 Å². The number of alkyl halides is 3. The topological polar surface area (TPSA) is 69.6 Å².